The minimum absolute atomic E-state index is 0.554. The lowest BCUT2D eigenvalue weighted by Gasteiger charge is -2.36. The first-order valence-electron chi connectivity index (χ1n) is 20.0. The van der Waals surface area contributed by atoms with E-state index in [0.717, 1.165) is 50.2 Å². The van der Waals surface area contributed by atoms with Gasteiger partial charge >= 0.3 is 0 Å². The number of hydrogen-bond donors (Lipinski definition) is 0. The van der Waals surface area contributed by atoms with Crippen molar-refractivity contribution < 1.29 is 4.42 Å². The Hall–Kier alpha value is -7.62. The lowest BCUT2D eigenvalue weighted by molar-refractivity contribution is 0.669. The lowest BCUT2D eigenvalue weighted by Crippen LogP contribution is -2.28. The van der Waals surface area contributed by atoms with E-state index in [1.54, 1.807) is 0 Å². The van der Waals surface area contributed by atoms with Crippen molar-refractivity contribution in [3.05, 3.63) is 229 Å². The fourth-order valence-electron chi connectivity index (χ4n) is 10.7. The van der Waals surface area contributed by atoms with Crippen LogP contribution in [0.25, 0.3) is 71.7 Å². The van der Waals surface area contributed by atoms with Crippen LogP contribution in [-0.4, -0.2) is 4.57 Å². The van der Waals surface area contributed by atoms with Gasteiger partial charge in [-0.2, -0.15) is 0 Å². The number of benzene rings is 9. The molecule has 2 aromatic heterocycles. The molecule has 13 rings (SSSR count). The van der Waals surface area contributed by atoms with Gasteiger partial charge < -0.3 is 13.9 Å². The van der Waals surface area contributed by atoms with Crippen molar-refractivity contribution in [2.24, 2.45) is 0 Å². The molecule has 9 aromatic carbocycles. The van der Waals surface area contributed by atoms with Crippen molar-refractivity contribution >= 4 is 60.8 Å². The molecule has 0 saturated carbocycles. The molecule has 0 bridgehead atoms. The molecule has 2 aliphatic rings. The molecule has 0 saturated heterocycles. The maximum Gasteiger partial charge on any atom is 0.159 e. The van der Waals surface area contributed by atoms with Gasteiger partial charge in [0.2, 0.25) is 0 Å². The quantitative estimate of drug-likeness (QED) is 0.179. The molecule has 0 atom stereocenters. The summed E-state index contributed by atoms with van der Waals surface area (Å²) in [6, 6.07) is 75.5. The topological polar surface area (TPSA) is 21.3 Å². The summed E-state index contributed by atoms with van der Waals surface area (Å²) in [5, 5.41) is 4.59. The fraction of sp³-hybridized carbons (Fsp3) is 0.0182. The van der Waals surface area contributed by atoms with E-state index in [1.807, 2.05) is 0 Å². The van der Waals surface area contributed by atoms with Crippen LogP contribution in [0.2, 0.25) is 0 Å². The molecule has 0 fully saturated rings. The Morgan fingerprint density at radius 2 is 0.897 bits per heavy atom. The van der Waals surface area contributed by atoms with Crippen LogP contribution < -0.4 is 4.90 Å². The number of fused-ring (bicyclic) bond motifs is 16. The van der Waals surface area contributed by atoms with Crippen LogP contribution in [-0.2, 0) is 5.41 Å². The maximum absolute atomic E-state index is 6.95. The van der Waals surface area contributed by atoms with Gasteiger partial charge in [0.05, 0.1) is 33.5 Å². The Morgan fingerprint density at radius 1 is 0.379 bits per heavy atom. The van der Waals surface area contributed by atoms with Gasteiger partial charge in [-0.05, 0) is 87.5 Å². The average molecular weight is 739 g/mol. The van der Waals surface area contributed by atoms with Gasteiger partial charge in [-0.25, -0.2) is 0 Å². The number of hydrogen-bond acceptors (Lipinski definition) is 2. The molecular weight excluding hydrogens is 705 g/mol. The van der Waals surface area contributed by atoms with Crippen molar-refractivity contribution in [2.75, 3.05) is 4.90 Å². The summed E-state index contributed by atoms with van der Waals surface area (Å²) in [6.07, 6.45) is 0. The van der Waals surface area contributed by atoms with E-state index < -0.39 is 5.41 Å². The third kappa shape index (κ3) is 3.97. The molecule has 0 amide bonds. The predicted octanol–water partition coefficient (Wildman–Crippen LogP) is 14.5. The van der Waals surface area contributed by atoms with Crippen molar-refractivity contribution in [1.29, 1.82) is 0 Å². The minimum Gasteiger partial charge on any atom is -0.454 e. The third-order valence-electron chi connectivity index (χ3n) is 12.8. The summed E-state index contributed by atoms with van der Waals surface area (Å²) in [7, 11) is 0. The number of aromatic nitrogens is 1. The number of furan rings is 1. The Kier molecular flexibility index (Phi) is 6.37. The Bertz CT molecular complexity index is 3420. The summed E-state index contributed by atoms with van der Waals surface area (Å²) in [6.45, 7) is 0. The van der Waals surface area contributed by atoms with E-state index in [9.17, 15) is 0 Å². The predicted molar refractivity (Wildman–Crippen MR) is 239 cm³/mol. The maximum atomic E-state index is 6.95. The average Bonchev–Trinajstić information content (AvgIpc) is 4.02. The zero-order valence-electron chi connectivity index (χ0n) is 31.4. The van der Waals surface area contributed by atoms with Gasteiger partial charge in [0.25, 0.3) is 0 Å². The lowest BCUT2D eigenvalue weighted by atomic mass is 9.70. The third-order valence-corrected chi connectivity index (χ3v) is 12.8. The molecule has 0 N–H and O–H groups in total. The monoisotopic (exact) mass is 738 g/mol. The van der Waals surface area contributed by atoms with Crippen LogP contribution in [0.15, 0.2) is 211 Å². The van der Waals surface area contributed by atoms with E-state index in [-0.39, 0.29) is 0 Å². The van der Waals surface area contributed by atoms with Gasteiger partial charge in [-0.15, -0.1) is 0 Å². The van der Waals surface area contributed by atoms with Crippen molar-refractivity contribution in [3.63, 3.8) is 0 Å². The first-order chi connectivity index (χ1) is 28.8. The molecule has 3 nitrogen and oxygen atoms in total. The van der Waals surface area contributed by atoms with Crippen molar-refractivity contribution in [3.8, 4) is 27.9 Å². The summed E-state index contributed by atoms with van der Waals surface area (Å²) >= 11 is 0. The van der Waals surface area contributed by atoms with Gasteiger partial charge in [-0.3, -0.25) is 0 Å². The van der Waals surface area contributed by atoms with E-state index in [1.165, 1.54) is 60.8 Å². The van der Waals surface area contributed by atoms with Crippen LogP contribution in [0.1, 0.15) is 22.3 Å². The molecular formula is C55H34N2O. The first-order valence-corrected chi connectivity index (χ1v) is 20.0. The summed E-state index contributed by atoms with van der Waals surface area (Å²) in [5.41, 5.74) is 18.2. The van der Waals surface area contributed by atoms with Gasteiger partial charge in [0.15, 0.2) is 5.58 Å². The molecule has 1 spiro atoms. The largest absolute Gasteiger partial charge is 0.454 e. The van der Waals surface area contributed by atoms with Crippen molar-refractivity contribution in [1.82, 2.24) is 4.57 Å². The zero-order chi connectivity index (χ0) is 38.0. The van der Waals surface area contributed by atoms with Gasteiger partial charge in [0, 0.05) is 32.8 Å². The second-order valence-corrected chi connectivity index (χ2v) is 15.5. The second-order valence-electron chi connectivity index (χ2n) is 15.5. The van der Waals surface area contributed by atoms with Crippen LogP contribution in [0.5, 0.6) is 0 Å². The zero-order valence-corrected chi connectivity index (χ0v) is 31.4. The number of anilines is 3. The molecule has 11 aromatic rings. The van der Waals surface area contributed by atoms with E-state index in [0.29, 0.717) is 0 Å². The molecule has 2 heterocycles. The van der Waals surface area contributed by atoms with Crippen LogP contribution in [0, 0.1) is 0 Å². The molecule has 0 unspecified atom stereocenters. The van der Waals surface area contributed by atoms with E-state index in [2.05, 4.69) is 216 Å². The molecule has 0 radical (unpaired) electrons. The highest BCUT2D eigenvalue weighted by atomic mass is 16.3. The highest BCUT2D eigenvalue weighted by Crippen LogP contribution is 2.65. The molecule has 58 heavy (non-hydrogen) atoms. The van der Waals surface area contributed by atoms with Gasteiger partial charge in [-0.1, -0.05) is 158 Å². The summed E-state index contributed by atoms with van der Waals surface area (Å²) in [4.78, 5) is 2.52. The molecule has 3 heteroatoms. The van der Waals surface area contributed by atoms with Crippen LogP contribution in [0.3, 0.4) is 0 Å². The first kappa shape index (κ1) is 31.6. The number of rotatable bonds is 4. The van der Waals surface area contributed by atoms with Gasteiger partial charge in [0.1, 0.15) is 5.58 Å². The molecule has 2 aliphatic carbocycles. The Balaban J connectivity index is 1.21. The normalized spacial score (nSPS) is 13.3. The fourth-order valence-corrected chi connectivity index (χ4v) is 10.7. The second kappa shape index (κ2) is 11.7. The number of para-hydroxylation sites is 4. The van der Waals surface area contributed by atoms with Crippen LogP contribution >= 0.6 is 0 Å². The highest BCUT2D eigenvalue weighted by molar-refractivity contribution is 6.19. The van der Waals surface area contributed by atoms with E-state index in [4.69, 9.17) is 4.42 Å². The number of nitrogens with zero attached hydrogens (tertiary/aromatic N) is 2. The Labute approximate surface area is 335 Å². The molecule has 270 valence electrons. The smallest absolute Gasteiger partial charge is 0.159 e. The summed E-state index contributed by atoms with van der Waals surface area (Å²) < 4.78 is 9.35. The van der Waals surface area contributed by atoms with E-state index >= 15 is 0 Å². The highest BCUT2D eigenvalue weighted by Gasteiger charge is 2.53. The van der Waals surface area contributed by atoms with Crippen molar-refractivity contribution in [2.45, 2.75) is 5.41 Å². The standard InChI is InChI=1S/C55H34N2O/c1-2-17-35(18-3-1)56-46-29-12-7-23-42(46)52-47(56)30-16-31-48(52)57(50-33-15-25-41-39-22-8-13-34-51(39)58-54(41)50)49-32-14-24-40-38-21-6-11-28-45(38)55(53(40)49)43-26-9-4-19-36(43)37-20-5-10-27-44(37)55/h1-34H. The Morgan fingerprint density at radius 3 is 1.66 bits per heavy atom. The molecule has 0 aliphatic heterocycles. The minimum atomic E-state index is -0.554. The van der Waals surface area contributed by atoms with Crippen LogP contribution in [0.4, 0.5) is 17.1 Å². The SMILES string of the molecule is c1ccc(-n2c3ccccc3c3c(N(c4cccc5c4C4(c6ccccc6-c6ccccc64)c4ccccc4-5)c4cccc5c4oc4ccccc45)cccc32)cc1. The summed E-state index contributed by atoms with van der Waals surface area (Å²) in [5.74, 6) is 0.